The quantitative estimate of drug-likeness (QED) is 0.854. The Balaban J connectivity index is 1.62. The number of piperidine rings is 1. The number of nitrogens with zero attached hydrogens (tertiary/aromatic N) is 1. The van der Waals surface area contributed by atoms with E-state index in [1.165, 1.54) is 11.4 Å². The van der Waals surface area contributed by atoms with Crippen LogP contribution in [-0.2, 0) is 10.0 Å². The zero-order valence-electron chi connectivity index (χ0n) is 15.5. The van der Waals surface area contributed by atoms with Gasteiger partial charge in [0, 0.05) is 19.1 Å². The molecule has 27 heavy (non-hydrogen) atoms. The van der Waals surface area contributed by atoms with Gasteiger partial charge >= 0.3 is 0 Å². The molecule has 1 saturated heterocycles. The van der Waals surface area contributed by atoms with Crippen molar-refractivity contribution in [3.63, 3.8) is 0 Å². The molecule has 0 aromatic heterocycles. The first-order valence-electron chi connectivity index (χ1n) is 8.92. The number of para-hydroxylation sites is 1. The maximum atomic E-state index is 12.8. The summed E-state index contributed by atoms with van der Waals surface area (Å²) in [6.45, 7) is 2.69. The summed E-state index contributed by atoms with van der Waals surface area (Å²) in [7, 11) is -1.96. The van der Waals surface area contributed by atoms with Crippen LogP contribution in [-0.4, -0.2) is 44.9 Å². The minimum atomic E-state index is -3.49. The molecule has 1 N–H and O–H groups in total. The third-order valence-corrected chi connectivity index (χ3v) is 6.71. The molecule has 2 aromatic rings. The molecule has 6 nitrogen and oxygen atoms in total. The number of sulfonamides is 1. The predicted molar refractivity (Wildman–Crippen MR) is 103 cm³/mol. The summed E-state index contributed by atoms with van der Waals surface area (Å²) in [4.78, 5) is 12.8. The van der Waals surface area contributed by atoms with Gasteiger partial charge in [-0.25, -0.2) is 8.42 Å². The van der Waals surface area contributed by atoms with E-state index in [0.717, 1.165) is 5.56 Å². The van der Waals surface area contributed by atoms with Gasteiger partial charge in [-0.05, 0) is 44.0 Å². The highest BCUT2D eigenvalue weighted by Crippen LogP contribution is 2.22. The number of hydrogen-bond acceptors (Lipinski definition) is 4. The standard InChI is InChI=1S/C20H24N2O4S/c1-15-7-9-17(10-8-15)27(24,25)22-13-11-16(12-14-22)21-20(23)18-5-3-4-6-19(18)26-2/h3-10,16H,11-14H2,1-2H3,(H,21,23). The molecule has 3 rings (SSSR count). The fourth-order valence-corrected chi connectivity index (χ4v) is 4.66. The van der Waals surface area contributed by atoms with Gasteiger partial charge in [0.15, 0.2) is 0 Å². The second-order valence-electron chi connectivity index (χ2n) is 6.67. The third-order valence-electron chi connectivity index (χ3n) is 4.80. The Morgan fingerprint density at radius 2 is 1.70 bits per heavy atom. The van der Waals surface area contributed by atoms with E-state index >= 15 is 0 Å². The molecule has 1 fully saturated rings. The average molecular weight is 388 g/mol. The summed E-state index contributed by atoms with van der Waals surface area (Å²) in [6, 6.07) is 13.9. The van der Waals surface area contributed by atoms with Gasteiger partial charge in [0.1, 0.15) is 5.75 Å². The SMILES string of the molecule is COc1ccccc1C(=O)NC1CCN(S(=O)(=O)c2ccc(C)cc2)CC1. The molecule has 0 aliphatic carbocycles. The van der Waals surface area contributed by atoms with Crippen LogP contribution < -0.4 is 10.1 Å². The van der Waals surface area contributed by atoms with Crippen molar-refractivity contribution in [1.29, 1.82) is 0 Å². The topological polar surface area (TPSA) is 75.7 Å². The van der Waals surface area contributed by atoms with Crippen molar-refractivity contribution in [2.24, 2.45) is 0 Å². The number of ether oxygens (including phenoxy) is 1. The molecular weight excluding hydrogens is 364 g/mol. The second kappa shape index (κ2) is 8.10. The van der Waals surface area contributed by atoms with E-state index in [4.69, 9.17) is 4.74 Å². The van der Waals surface area contributed by atoms with Crippen LogP contribution in [0.25, 0.3) is 0 Å². The van der Waals surface area contributed by atoms with Crippen LogP contribution in [0.3, 0.4) is 0 Å². The molecule has 1 heterocycles. The van der Waals surface area contributed by atoms with Crippen molar-refractivity contribution < 1.29 is 17.9 Å². The van der Waals surface area contributed by atoms with Gasteiger partial charge in [0.25, 0.3) is 5.91 Å². The van der Waals surface area contributed by atoms with Crippen LogP contribution in [0.2, 0.25) is 0 Å². The van der Waals surface area contributed by atoms with E-state index in [1.807, 2.05) is 13.0 Å². The van der Waals surface area contributed by atoms with E-state index in [9.17, 15) is 13.2 Å². The molecule has 1 aliphatic heterocycles. The number of carbonyl (C=O) groups is 1. The predicted octanol–water partition coefficient (Wildman–Crippen LogP) is 2.59. The van der Waals surface area contributed by atoms with Crippen LogP contribution >= 0.6 is 0 Å². The zero-order chi connectivity index (χ0) is 19.4. The summed E-state index contributed by atoms with van der Waals surface area (Å²) < 4.78 is 32.2. The lowest BCUT2D eigenvalue weighted by molar-refractivity contribution is 0.0921. The number of nitrogens with one attached hydrogen (secondary N) is 1. The molecule has 0 radical (unpaired) electrons. The fourth-order valence-electron chi connectivity index (χ4n) is 3.20. The summed E-state index contributed by atoms with van der Waals surface area (Å²) in [5, 5.41) is 2.99. The van der Waals surface area contributed by atoms with Gasteiger partial charge in [0.05, 0.1) is 17.6 Å². The molecule has 7 heteroatoms. The minimum Gasteiger partial charge on any atom is -0.496 e. The van der Waals surface area contributed by atoms with Crippen molar-refractivity contribution in [2.75, 3.05) is 20.2 Å². The summed E-state index contributed by atoms with van der Waals surface area (Å²) in [6.07, 6.45) is 1.15. The lowest BCUT2D eigenvalue weighted by Gasteiger charge is -2.31. The number of rotatable bonds is 5. The van der Waals surface area contributed by atoms with E-state index in [-0.39, 0.29) is 11.9 Å². The molecule has 0 atom stereocenters. The molecule has 0 saturated carbocycles. The summed E-state index contributed by atoms with van der Waals surface area (Å²) in [5.41, 5.74) is 1.50. The normalized spacial score (nSPS) is 16.1. The first kappa shape index (κ1) is 19.4. The van der Waals surface area contributed by atoms with Gasteiger partial charge in [0.2, 0.25) is 10.0 Å². The molecule has 1 aliphatic rings. The lowest BCUT2D eigenvalue weighted by Crippen LogP contribution is -2.46. The number of amides is 1. The Kier molecular flexibility index (Phi) is 5.82. The van der Waals surface area contributed by atoms with E-state index in [0.29, 0.717) is 42.1 Å². The van der Waals surface area contributed by atoms with Gasteiger partial charge in [-0.3, -0.25) is 4.79 Å². The number of carbonyl (C=O) groups excluding carboxylic acids is 1. The number of aryl methyl sites for hydroxylation is 1. The first-order chi connectivity index (χ1) is 12.9. The molecular formula is C20H24N2O4S. The number of hydrogen-bond donors (Lipinski definition) is 1. The first-order valence-corrected chi connectivity index (χ1v) is 10.4. The number of methoxy groups -OCH3 is 1. The third kappa shape index (κ3) is 4.31. The van der Waals surface area contributed by atoms with Crippen LogP contribution in [0.4, 0.5) is 0 Å². The van der Waals surface area contributed by atoms with Crippen molar-refractivity contribution in [3.05, 3.63) is 59.7 Å². The monoisotopic (exact) mass is 388 g/mol. The van der Waals surface area contributed by atoms with Gasteiger partial charge in [-0.1, -0.05) is 29.8 Å². The maximum Gasteiger partial charge on any atom is 0.255 e. The average Bonchev–Trinajstić information content (AvgIpc) is 2.68. The molecule has 2 aromatic carbocycles. The molecule has 144 valence electrons. The van der Waals surface area contributed by atoms with E-state index < -0.39 is 10.0 Å². The van der Waals surface area contributed by atoms with E-state index in [2.05, 4.69) is 5.32 Å². The minimum absolute atomic E-state index is 0.0631. The van der Waals surface area contributed by atoms with Crippen molar-refractivity contribution >= 4 is 15.9 Å². The van der Waals surface area contributed by atoms with Crippen LogP contribution in [0.1, 0.15) is 28.8 Å². The smallest absolute Gasteiger partial charge is 0.255 e. The Bertz CT molecular complexity index is 902. The molecule has 0 spiro atoms. The largest absolute Gasteiger partial charge is 0.496 e. The Morgan fingerprint density at radius 1 is 1.07 bits per heavy atom. The highest BCUT2D eigenvalue weighted by atomic mass is 32.2. The number of benzene rings is 2. The second-order valence-corrected chi connectivity index (χ2v) is 8.60. The molecule has 0 unspecified atom stereocenters. The summed E-state index contributed by atoms with van der Waals surface area (Å²) in [5.74, 6) is 0.321. The summed E-state index contributed by atoms with van der Waals surface area (Å²) >= 11 is 0. The maximum absolute atomic E-state index is 12.8. The van der Waals surface area contributed by atoms with Crippen LogP contribution in [0, 0.1) is 6.92 Å². The van der Waals surface area contributed by atoms with Crippen molar-refractivity contribution in [2.45, 2.75) is 30.7 Å². The van der Waals surface area contributed by atoms with E-state index in [1.54, 1.807) is 42.5 Å². The fraction of sp³-hybridized carbons (Fsp3) is 0.350. The van der Waals surface area contributed by atoms with Crippen molar-refractivity contribution in [1.82, 2.24) is 9.62 Å². The van der Waals surface area contributed by atoms with Gasteiger partial charge in [-0.2, -0.15) is 4.31 Å². The molecule has 1 amide bonds. The Hall–Kier alpha value is -2.38. The van der Waals surface area contributed by atoms with Crippen molar-refractivity contribution in [3.8, 4) is 5.75 Å². The highest BCUT2D eigenvalue weighted by molar-refractivity contribution is 7.89. The Labute approximate surface area is 160 Å². The lowest BCUT2D eigenvalue weighted by atomic mass is 10.1. The Morgan fingerprint density at radius 3 is 2.33 bits per heavy atom. The highest BCUT2D eigenvalue weighted by Gasteiger charge is 2.30. The van der Waals surface area contributed by atoms with Crippen LogP contribution in [0.5, 0.6) is 5.75 Å². The van der Waals surface area contributed by atoms with Gasteiger partial charge in [-0.15, -0.1) is 0 Å². The van der Waals surface area contributed by atoms with Gasteiger partial charge < -0.3 is 10.1 Å². The molecule has 0 bridgehead atoms. The zero-order valence-corrected chi connectivity index (χ0v) is 16.3. The van der Waals surface area contributed by atoms with Crippen LogP contribution in [0.15, 0.2) is 53.4 Å².